The van der Waals surface area contributed by atoms with Crippen LogP contribution in [-0.4, -0.2) is 18.1 Å². The molecule has 0 unspecified atom stereocenters. The van der Waals surface area contributed by atoms with Crippen LogP contribution >= 0.6 is 0 Å². The van der Waals surface area contributed by atoms with Gasteiger partial charge >= 0.3 is 5.97 Å². The van der Waals surface area contributed by atoms with Crippen LogP contribution in [0.25, 0.3) is 0 Å². The quantitative estimate of drug-likeness (QED) is 0.856. The van der Waals surface area contributed by atoms with Crippen LogP contribution in [0.5, 0.6) is 11.6 Å². The molecule has 1 aromatic heterocycles. The van der Waals surface area contributed by atoms with Crippen LogP contribution in [0.1, 0.15) is 16.1 Å². The minimum Gasteiger partial charge on any atom is -0.465 e. The first-order valence-corrected chi connectivity index (χ1v) is 5.69. The molecule has 0 bridgehead atoms. The highest BCUT2D eigenvalue weighted by Gasteiger charge is 2.07. The molecule has 19 heavy (non-hydrogen) atoms. The maximum atomic E-state index is 11.3. The maximum absolute atomic E-state index is 11.3. The van der Waals surface area contributed by atoms with E-state index in [2.05, 4.69) is 9.72 Å². The SMILES string of the molecule is COC(=O)c1ccc(Oc2nc(C)ccc2N)cc1. The highest BCUT2D eigenvalue weighted by Crippen LogP contribution is 2.25. The van der Waals surface area contributed by atoms with Gasteiger partial charge in [0.2, 0.25) is 5.88 Å². The lowest BCUT2D eigenvalue weighted by Crippen LogP contribution is -2.01. The van der Waals surface area contributed by atoms with Crippen molar-refractivity contribution < 1.29 is 14.3 Å². The van der Waals surface area contributed by atoms with Crippen LogP contribution in [0.3, 0.4) is 0 Å². The van der Waals surface area contributed by atoms with Gasteiger partial charge in [0.25, 0.3) is 0 Å². The molecule has 5 heteroatoms. The van der Waals surface area contributed by atoms with Crippen molar-refractivity contribution in [3.8, 4) is 11.6 Å². The molecular weight excluding hydrogens is 244 g/mol. The van der Waals surface area contributed by atoms with Crippen molar-refractivity contribution >= 4 is 11.7 Å². The second kappa shape index (κ2) is 5.39. The molecule has 0 spiro atoms. The van der Waals surface area contributed by atoms with Gasteiger partial charge < -0.3 is 15.2 Å². The van der Waals surface area contributed by atoms with E-state index < -0.39 is 0 Å². The number of carbonyl (C=O) groups excluding carboxylic acids is 1. The Bertz CT molecular complexity index is 594. The number of anilines is 1. The van der Waals surface area contributed by atoms with Crippen molar-refractivity contribution in [1.29, 1.82) is 0 Å². The molecule has 0 aliphatic heterocycles. The molecule has 0 aliphatic rings. The van der Waals surface area contributed by atoms with Crippen LogP contribution in [-0.2, 0) is 4.74 Å². The second-order valence-corrected chi connectivity index (χ2v) is 3.97. The molecule has 0 atom stereocenters. The Balaban J connectivity index is 2.19. The summed E-state index contributed by atoms with van der Waals surface area (Å²) in [5.74, 6) is 0.517. The van der Waals surface area contributed by atoms with Crippen LogP contribution in [0.15, 0.2) is 36.4 Å². The Morgan fingerprint density at radius 1 is 1.16 bits per heavy atom. The minimum absolute atomic E-state index is 0.353. The first kappa shape index (κ1) is 12.9. The Morgan fingerprint density at radius 3 is 2.47 bits per heavy atom. The molecule has 1 aromatic carbocycles. The van der Waals surface area contributed by atoms with Crippen molar-refractivity contribution in [3.05, 3.63) is 47.7 Å². The fourth-order valence-corrected chi connectivity index (χ4v) is 1.51. The highest BCUT2D eigenvalue weighted by molar-refractivity contribution is 5.89. The molecule has 0 fully saturated rings. The van der Waals surface area contributed by atoms with Crippen LogP contribution in [0, 0.1) is 6.92 Å². The summed E-state index contributed by atoms with van der Waals surface area (Å²) in [5.41, 5.74) is 7.51. The molecule has 2 N–H and O–H groups in total. The number of ether oxygens (including phenoxy) is 2. The molecule has 2 rings (SSSR count). The molecule has 0 amide bonds. The van der Waals surface area contributed by atoms with Gasteiger partial charge in [-0.3, -0.25) is 0 Å². The van der Waals surface area contributed by atoms with E-state index in [1.165, 1.54) is 7.11 Å². The number of benzene rings is 1. The van der Waals surface area contributed by atoms with Crippen molar-refractivity contribution in [2.45, 2.75) is 6.92 Å². The zero-order chi connectivity index (χ0) is 13.8. The van der Waals surface area contributed by atoms with Gasteiger partial charge in [-0.15, -0.1) is 0 Å². The topological polar surface area (TPSA) is 74.4 Å². The number of pyridine rings is 1. The molecule has 98 valence electrons. The Kier molecular flexibility index (Phi) is 3.66. The third-order valence-corrected chi connectivity index (χ3v) is 2.52. The molecule has 0 radical (unpaired) electrons. The van der Waals surface area contributed by atoms with Crippen LogP contribution < -0.4 is 10.5 Å². The normalized spacial score (nSPS) is 10.0. The van der Waals surface area contributed by atoms with Gasteiger partial charge in [0.05, 0.1) is 18.4 Å². The summed E-state index contributed by atoms with van der Waals surface area (Å²) < 4.78 is 10.2. The smallest absolute Gasteiger partial charge is 0.337 e. The Labute approximate surface area is 111 Å². The van der Waals surface area contributed by atoms with E-state index in [0.717, 1.165) is 5.69 Å². The van der Waals surface area contributed by atoms with Gasteiger partial charge in [-0.1, -0.05) is 0 Å². The number of nitrogens with zero attached hydrogens (tertiary/aromatic N) is 1. The number of rotatable bonds is 3. The molecule has 0 aliphatic carbocycles. The fraction of sp³-hybridized carbons (Fsp3) is 0.143. The third kappa shape index (κ3) is 3.01. The molecule has 0 saturated heterocycles. The number of esters is 1. The van der Waals surface area contributed by atoms with E-state index in [-0.39, 0.29) is 5.97 Å². The lowest BCUT2D eigenvalue weighted by atomic mass is 10.2. The van der Waals surface area contributed by atoms with Gasteiger partial charge in [0, 0.05) is 5.69 Å². The van der Waals surface area contributed by atoms with E-state index in [9.17, 15) is 4.79 Å². The Hall–Kier alpha value is -2.56. The predicted octanol–water partition coefficient (Wildman–Crippen LogP) is 2.55. The van der Waals surface area contributed by atoms with Crippen molar-refractivity contribution in [2.75, 3.05) is 12.8 Å². The van der Waals surface area contributed by atoms with E-state index in [0.29, 0.717) is 22.9 Å². The van der Waals surface area contributed by atoms with Gasteiger partial charge in [0.15, 0.2) is 0 Å². The van der Waals surface area contributed by atoms with E-state index >= 15 is 0 Å². The highest BCUT2D eigenvalue weighted by atomic mass is 16.5. The monoisotopic (exact) mass is 258 g/mol. The number of methoxy groups -OCH3 is 1. The fourth-order valence-electron chi connectivity index (χ4n) is 1.51. The molecule has 5 nitrogen and oxygen atoms in total. The Morgan fingerprint density at radius 2 is 1.84 bits per heavy atom. The number of aryl methyl sites for hydroxylation is 1. The van der Waals surface area contributed by atoms with Crippen molar-refractivity contribution in [3.63, 3.8) is 0 Å². The van der Waals surface area contributed by atoms with Crippen LogP contribution in [0.4, 0.5) is 5.69 Å². The lowest BCUT2D eigenvalue weighted by molar-refractivity contribution is 0.0600. The zero-order valence-electron chi connectivity index (χ0n) is 10.7. The summed E-state index contributed by atoms with van der Waals surface area (Å²) in [7, 11) is 1.34. The number of hydrogen-bond donors (Lipinski definition) is 1. The van der Waals surface area contributed by atoms with Crippen molar-refractivity contribution in [2.24, 2.45) is 0 Å². The van der Waals surface area contributed by atoms with E-state index in [4.69, 9.17) is 10.5 Å². The standard InChI is InChI=1S/C14H14N2O3/c1-9-3-8-12(15)13(16-9)19-11-6-4-10(5-7-11)14(17)18-2/h3-8H,15H2,1-2H3. The maximum Gasteiger partial charge on any atom is 0.337 e. The molecule has 2 aromatic rings. The van der Waals surface area contributed by atoms with E-state index in [1.54, 1.807) is 30.3 Å². The summed E-state index contributed by atoms with van der Waals surface area (Å²) in [6, 6.07) is 10.1. The number of carbonyl (C=O) groups is 1. The van der Waals surface area contributed by atoms with E-state index in [1.807, 2.05) is 13.0 Å². The number of hydrogen-bond acceptors (Lipinski definition) is 5. The summed E-state index contributed by atoms with van der Waals surface area (Å²) in [5, 5.41) is 0. The minimum atomic E-state index is -0.389. The summed E-state index contributed by atoms with van der Waals surface area (Å²) >= 11 is 0. The average Bonchev–Trinajstić information content (AvgIpc) is 2.43. The number of nitrogens with two attached hydrogens (primary N) is 1. The third-order valence-electron chi connectivity index (χ3n) is 2.52. The number of aromatic nitrogens is 1. The zero-order valence-corrected chi connectivity index (χ0v) is 10.7. The summed E-state index contributed by atoms with van der Waals surface area (Å²) in [6.07, 6.45) is 0. The first-order chi connectivity index (χ1) is 9.10. The van der Waals surface area contributed by atoms with Gasteiger partial charge in [-0.25, -0.2) is 9.78 Å². The van der Waals surface area contributed by atoms with Crippen molar-refractivity contribution in [1.82, 2.24) is 4.98 Å². The van der Waals surface area contributed by atoms with Crippen LogP contribution in [0.2, 0.25) is 0 Å². The first-order valence-electron chi connectivity index (χ1n) is 5.69. The lowest BCUT2D eigenvalue weighted by Gasteiger charge is -2.08. The van der Waals surface area contributed by atoms with Gasteiger partial charge in [0.1, 0.15) is 5.75 Å². The molecule has 0 saturated carbocycles. The second-order valence-electron chi connectivity index (χ2n) is 3.97. The predicted molar refractivity (Wildman–Crippen MR) is 71.2 cm³/mol. The largest absolute Gasteiger partial charge is 0.465 e. The van der Waals surface area contributed by atoms with Gasteiger partial charge in [-0.05, 0) is 43.3 Å². The number of nitrogen functional groups attached to an aromatic ring is 1. The average molecular weight is 258 g/mol. The van der Waals surface area contributed by atoms with Gasteiger partial charge in [-0.2, -0.15) is 0 Å². The molecule has 1 heterocycles. The summed E-state index contributed by atoms with van der Waals surface area (Å²) in [4.78, 5) is 15.5. The molecular formula is C14H14N2O3. The summed E-state index contributed by atoms with van der Waals surface area (Å²) in [6.45, 7) is 1.85.